The Balaban J connectivity index is 1.33. The van der Waals surface area contributed by atoms with Crippen LogP contribution >= 0.6 is 0 Å². The molecule has 2 saturated heterocycles. The van der Waals surface area contributed by atoms with Crippen molar-refractivity contribution < 1.29 is 10.0 Å². The van der Waals surface area contributed by atoms with E-state index in [4.69, 9.17) is 5.21 Å². The van der Waals surface area contributed by atoms with Crippen molar-refractivity contribution in [1.82, 2.24) is 20.7 Å². The largest absolute Gasteiger partial charge is 0.307 e. The summed E-state index contributed by atoms with van der Waals surface area (Å²) in [4.78, 5) is 18.6. The molecular formula is C19H26N4O2. The summed E-state index contributed by atoms with van der Waals surface area (Å²) in [6, 6.07) is 2.62. The summed E-state index contributed by atoms with van der Waals surface area (Å²) in [7, 11) is 0. The van der Waals surface area contributed by atoms with Crippen LogP contribution in [0.2, 0.25) is 0 Å². The lowest BCUT2D eigenvalue weighted by Crippen LogP contribution is -2.67. The van der Waals surface area contributed by atoms with Crippen LogP contribution in [0.25, 0.3) is 0 Å². The van der Waals surface area contributed by atoms with Crippen LogP contribution in [0.15, 0.2) is 12.3 Å². The van der Waals surface area contributed by atoms with Crippen molar-refractivity contribution in [3.05, 3.63) is 29.1 Å². The van der Waals surface area contributed by atoms with E-state index in [1.807, 2.05) is 6.07 Å². The molecule has 3 aliphatic heterocycles. The van der Waals surface area contributed by atoms with E-state index in [9.17, 15) is 4.79 Å². The summed E-state index contributed by atoms with van der Waals surface area (Å²) in [5.74, 6) is 1.37. The van der Waals surface area contributed by atoms with Gasteiger partial charge in [0, 0.05) is 49.5 Å². The number of amides is 1. The van der Waals surface area contributed by atoms with Crippen LogP contribution in [0, 0.1) is 11.8 Å². The molecule has 0 radical (unpaired) electrons. The Labute approximate surface area is 148 Å². The lowest BCUT2D eigenvalue weighted by molar-refractivity contribution is -0.0226. The van der Waals surface area contributed by atoms with Gasteiger partial charge in [-0.05, 0) is 55.6 Å². The topological polar surface area (TPSA) is 77.5 Å². The maximum atomic E-state index is 11.7. The molecule has 3 N–H and O–H groups in total. The second-order valence-corrected chi connectivity index (χ2v) is 8.70. The number of carbonyl (C=O) groups is 1. The van der Waals surface area contributed by atoms with Crippen LogP contribution in [0.4, 0.5) is 0 Å². The van der Waals surface area contributed by atoms with Gasteiger partial charge in [-0.2, -0.15) is 0 Å². The number of carbonyl (C=O) groups excluding carboxylic acids is 1. The van der Waals surface area contributed by atoms with Gasteiger partial charge < -0.3 is 5.32 Å². The molecule has 25 heavy (non-hydrogen) atoms. The van der Waals surface area contributed by atoms with Gasteiger partial charge in [0.1, 0.15) is 0 Å². The SMILES string of the molecule is O=C(NO)c1cnc2c(c1)CN(CC13CC4CC(CC(C4)N1)C3)CC2. The number of fused-ring (bicyclic) bond motifs is 1. The average molecular weight is 342 g/mol. The third kappa shape index (κ3) is 2.76. The monoisotopic (exact) mass is 342 g/mol. The number of aromatic nitrogens is 1. The van der Waals surface area contributed by atoms with E-state index in [2.05, 4.69) is 15.2 Å². The molecule has 4 heterocycles. The smallest absolute Gasteiger partial charge is 0.276 e. The van der Waals surface area contributed by atoms with Crippen molar-refractivity contribution >= 4 is 5.91 Å². The van der Waals surface area contributed by atoms with E-state index >= 15 is 0 Å². The van der Waals surface area contributed by atoms with Gasteiger partial charge in [0.25, 0.3) is 5.91 Å². The molecule has 134 valence electrons. The number of hydrogen-bond acceptors (Lipinski definition) is 5. The summed E-state index contributed by atoms with van der Waals surface area (Å²) >= 11 is 0. The van der Waals surface area contributed by atoms with Crippen molar-refractivity contribution in [2.75, 3.05) is 13.1 Å². The Hall–Kier alpha value is -1.50. The van der Waals surface area contributed by atoms with Crippen LogP contribution in [-0.2, 0) is 13.0 Å². The van der Waals surface area contributed by atoms with E-state index in [1.54, 1.807) is 11.7 Å². The van der Waals surface area contributed by atoms with Crippen molar-refractivity contribution in [1.29, 1.82) is 0 Å². The molecule has 0 aromatic carbocycles. The molecule has 5 aliphatic rings. The minimum absolute atomic E-state index is 0.305. The second-order valence-electron chi connectivity index (χ2n) is 8.70. The Bertz CT molecular complexity index is 669. The first-order chi connectivity index (χ1) is 12.1. The first-order valence-corrected chi connectivity index (χ1v) is 9.55. The number of nitrogens with zero attached hydrogens (tertiary/aromatic N) is 2. The molecule has 1 amide bonds. The molecule has 2 saturated carbocycles. The van der Waals surface area contributed by atoms with Gasteiger partial charge in [0.2, 0.25) is 0 Å². The molecule has 6 nitrogen and oxygen atoms in total. The predicted molar refractivity (Wildman–Crippen MR) is 92.2 cm³/mol. The molecule has 2 atom stereocenters. The normalized spacial score (nSPS) is 36.3. The van der Waals surface area contributed by atoms with E-state index in [1.165, 1.54) is 32.1 Å². The minimum atomic E-state index is -0.491. The van der Waals surface area contributed by atoms with E-state index < -0.39 is 5.91 Å². The summed E-state index contributed by atoms with van der Waals surface area (Å²) in [6.45, 7) is 2.99. The molecule has 1 aromatic rings. The van der Waals surface area contributed by atoms with E-state index in [-0.39, 0.29) is 0 Å². The van der Waals surface area contributed by atoms with Gasteiger partial charge in [-0.3, -0.25) is 19.9 Å². The van der Waals surface area contributed by atoms with Gasteiger partial charge in [-0.25, -0.2) is 5.48 Å². The summed E-state index contributed by atoms with van der Waals surface area (Å²) in [6.07, 6.45) is 9.36. The molecule has 4 fully saturated rings. The quantitative estimate of drug-likeness (QED) is 0.573. The first-order valence-electron chi connectivity index (χ1n) is 9.55. The minimum Gasteiger partial charge on any atom is -0.307 e. The molecule has 6 heteroatoms. The van der Waals surface area contributed by atoms with Crippen molar-refractivity contribution in [3.63, 3.8) is 0 Å². The maximum Gasteiger partial charge on any atom is 0.276 e. The second kappa shape index (κ2) is 5.76. The van der Waals surface area contributed by atoms with Gasteiger partial charge in [0.15, 0.2) is 0 Å². The third-order valence-corrected chi connectivity index (χ3v) is 6.78. The van der Waals surface area contributed by atoms with Crippen LogP contribution in [0.1, 0.15) is 53.7 Å². The zero-order valence-electron chi connectivity index (χ0n) is 14.5. The number of nitrogens with one attached hydrogen (secondary N) is 2. The van der Waals surface area contributed by atoms with E-state index in [0.29, 0.717) is 11.1 Å². The van der Waals surface area contributed by atoms with Gasteiger partial charge in [-0.1, -0.05) is 0 Å². The molecular weight excluding hydrogens is 316 g/mol. The van der Waals surface area contributed by atoms with Crippen molar-refractivity contribution in [2.24, 2.45) is 11.8 Å². The first kappa shape index (κ1) is 15.7. The highest BCUT2D eigenvalue weighted by Crippen LogP contribution is 2.50. The molecule has 0 spiro atoms. The average Bonchev–Trinajstić information content (AvgIpc) is 2.59. The van der Waals surface area contributed by atoms with Crippen LogP contribution in [0.3, 0.4) is 0 Å². The van der Waals surface area contributed by atoms with Gasteiger partial charge >= 0.3 is 0 Å². The lowest BCUT2D eigenvalue weighted by atomic mass is 9.59. The van der Waals surface area contributed by atoms with Gasteiger partial charge in [0.05, 0.1) is 5.56 Å². The number of rotatable bonds is 3. The highest BCUT2D eigenvalue weighted by molar-refractivity contribution is 5.93. The zero-order valence-corrected chi connectivity index (χ0v) is 14.5. The van der Waals surface area contributed by atoms with Crippen molar-refractivity contribution in [3.8, 4) is 0 Å². The maximum absolute atomic E-state index is 11.7. The fourth-order valence-electron chi connectivity index (χ4n) is 6.17. The van der Waals surface area contributed by atoms with Crippen molar-refractivity contribution in [2.45, 2.75) is 56.7 Å². The molecule has 2 unspecified atom stereocenters. The molecule has 2 aliphatic carbocycles. The van der Waals surface area contributed by atoms with Crippen LogP contribution in [0.5, 0.6) is 0 Å². The Morgan fingerprint density at radius 2 is 2.16 bits per heavy atom. The number of hydrogen-bond donors (Lipinski definition) is 3. The van der Waals surface area contributed by atoms with Crippen LogP contribution < -0.4 is 10.8 Å². The van der Waals surface area contributed by atoms with E-state index in [0.717, 1.165) is 55.2 Å². The predicted octanol–water partition coefficient (Wildman–Crippen LogP) is 1.48. The summed E-state index contributed by atoms with van der Waals surface area (Å²) in [5, 5.41) is 12.8. The number of hydroxylamine groups is 1. The van der Waals surface area contributed by atoms with Gasteiger partial charge in [-0.15, -0.1) is 0 Å². The highest BCUT2D eigenvalue weighted by Gasteiger charge is 2.51. The fourth-order valence-corrected chi connectivity index (χ4v) is 6.17. The molecule has 4 bridgehead atoms. The molecule has 6 rings (SSSR count). The van der Waals surface area contributed by atoms with Crippen LogP contribution in [-0.4, -0.2) is 45.7 Å². The lowest BCUT2D eigenvalue weighted by Gasteiger charge is -2.58. The Kier molecular flexibility index (Phi) is 3.62. The fraction of sp³-hybridized carbons (Fsp3) is 0.684. The number of piperidine rings is 2. The third-order valence-electron chi connectivity index (χ3n) is 6.78. The standard InChI is InChI=1S/C19H26N4O2/c24-18(22-25)14-6-15-10-23(2-1-17(15)20-9-14)11-19-7-12-3-13(8-19)5-16(4-12)21-19/h6,9,12-13,16,21,25H,1-5,7-8,10-11H2,(H,22,24). The summed E-state index contributed by atoms with van der Waals surface area (Å²) < 4.78 is 0. The molecule has 1 aromatic heterocycles. The highest BCUT2D eigenvalue weighted by atomic mass is 16.5. The Morgan fingerprint density at radius 1 is 1.36 bits per heavy atom. The zero-order chi connectivity index (χ0) is 17.0. The number of pyridine rings is 1. The Morgan fingerprint density at radius 3 is 2.88 bits per heavy atom. The summed E-state index contributed by atoms with van der Waals surface area (Å²) in [5.41, 5.74) is 4.64.